The number of nitrogens with zero attached hydrogens (tertiary/aromatic N) is 3. The zero-order valence-electron chi connectivity index (χ0n) is 16.7. The number of urea groups is 1. The van der Waals surface area contributed by atoms with E-state index in [9.17, 15) is 19.6 Å². The molecule has 4 rings (SSSR count). The molecule has 3 aliphatic rings. The molecule has 2 atom stereocenters. The van der Waals surface area contributed by atoms with Crippen LogP contribution in [0.3, 0.4) is 0 Å². The Bertz CT molecular complexity index is 1040. The van der Waals surface area contributed by atoms with Crippen LogP contribution >= 0.6 is 15.9 Å². The predicted octanol–water partition coefficient (Wildman–Crippen LogP) is 3.05. The summed E-state index contributed by atoms with van der Waals surface area (Å²) >= 11 is 3.43. The molecule has 0 aromatic heterocycles. The Hall–Kier alpha value is -2.92. The fraction of sp³-hybridized carbons (Fsp3) is 0.364. The molecule has 1 aromatic rings. The third kappa shape index (κ3) is 2.51. The number of nitriles is 1. The Morgan fingerprint density at radius 1 is 1.13 bits per heavy atom. The van der Waals surface area contributed by atoms with Crippen molar-refractivity contribution in [3.05, 3.63) is 57.2 Å². The molecular weight excluding hydrogens is 448 g/mol. The zero-order valence-corrected chi connectivity index (χ0v) is 18.3. The fourth-order valence-corrected chi connectivity index (χ4v) is 5.42. The van der Waals surface area contributed by atoms with Crippen molar-refractivity contribution in [1.82, 2.24) is 9.80 Å². The first-order valence-corrected chi connectivity index (χ1v) is 10.5. The molecule has 1 heterocycles. The van der Waals surface area contributed by atoms with Crippen molar-refractivity contribution in [3.63, 3.8) is 0 Å². The van der Waals surface area contributed by atoms with Crippen LogP contribution in [0, 0.1) is 22.7 Å². The highest BCUT2D eigenvalue weighted by Gasteiger charge is 2.66. The molecule has 30 heavy (non-hydrogen) atoms. The number of hydrogen-bond acceptors (Lipinski definition) is 5. The summed E-state index contributed by atoms with van der Waals surface area (Å²) in [5, 5.41) is 9.91. The molecule has 2 N–H and O–H groups in total. The Kier molecular flexibility index (Phi) is 4.82. The third-order valence-corrected chi connectivity index (χ3v) is 7.06. The topological polar surface area (TPSA) is 108 Å². The van der Waals surface area contributed by atoms with E-state index in [1.807, 2.05) is 30.3 Å². The van der Waals surface area contributed by atoms with Gasteiger partial charge >= 0.3 is 6.03 Å². The zero-order chi connectivity index (χ0) is 21.8. The first kappa shape index (κ1) is 20.4. The molecule has 8 heteroatoms. The molecule has 1 spiro atoms. The van der Waals surface area contributed by atoms with Crippen LogP contribution in [-0.4, -0.2) is 41.7 Å². The van der Waals surface area contributed by atoms with Gasteiger partial charge in [0.1, 0.15) is 6.07 Å². The van der Waals surface area contributed by atoms with Gasteiger partial charge in [-0.3, -0.25) is 19.4 Å². The number of hydrogen-bond donors (Lipinski definition) is 1. The molecule has 1 aromatic carbocycles. The number of imide groups is 2. The lowest BCUT2D eigenvalue weighted by atomic mass is 9.54. The second-order valence-electron chi connectivity index (χ2n) is 7.95. The number of allylic oxidation sites excluding steroid dienone is 3. The molecule has 2 unspecified atom stereocenters. The van der Waals surface area contributed by atoms with Gasteiger partial charge in [-0.2, -0.15) is 5.26 Å². The maximum absolute atomic E-state index is 13.7. The quantitative estimate of drug-likeness (QED) is 0.637. The molecule has 0 bridgehead atoms. The molecule has 0 saturated carbocycles. The van der Waals surface area contributed by atoms with Gasteiger partial charge in [0.2, 0.25) is 0 Å². The van der Waals surface area contributed by atoms with Gasteiger partial charge in [0.05, 0.1) is 11.3 Å². The molecule has 1 aliphatic heterocycles. The minimum Gasteiger partial charge on any atom is -0.400 e. The standard InChI is InChI=1S/C22H21BrN4O3/c1-26-19(28)22(20(29)27(2)21(26)30)17(12-7-9-13(23)10-8-12)15-6-4-3-5-14(15)16(11-24)18(22)25/h5,7-10,15,17H,3-4,6,25H2,1-2H3. The summed E-state index contributed by atoms with van der Waals surface area (Å²) in [6, 6.07) is 8.87. The van der Waals surface area contributed by atoms with Crippen molar-refractivity contribution < 1.29 is 14.4 Å². The second kappa shape index (κ2) is 7.10. The smallest absolute Gasteiger partial charge is 0.332 e. The van der Waals surface area contributed by atoms with Gasteiger partial charge in [-0.15, -0.1) is 0 Å². The summed E-state index contributed by atoms with van der Waals surface area (Å²) in [4.78, 5) is 41.7. The van der Waals surface area contributed by atoms with E-state index < -0.39 is 29.2 Å². The molecule has 1 fully saturated rings. The van der Waals surface area contributed by atoms with Gasteiger partial charge in [0, 0.05) is 24.5 Å². The van der Waals surface area contributed by atoms with E-state index in [1.165, 1.54) is 14.1 Å². The summed E-state index contributed by atoms with van der Waals surface area (Å²) in [6.07, 6.45) is 4.40. The van der Waals surface area contributed by atoms with E-state index in [0.29, 0.717) is 6.42 Å². The Labute approximate surface area is 182 Å². The van der Waals surface area contributed by atoms with Gasteiger partial charge in [0.15, 0.2) is 5.41 Å². The van der Waals surface area contributed by atoms with Gasteiger partial charge < -0.3 is 5.73 Å². The third-order valence-electron chi connectivity index (χ3n) is 6.53. The first-order chi connectivity index (χ1) is 14.3. The number of carbonyl (C=O) groups excluding carboxylic acids is 3. The van der Waals surface area contributed by atoms with Crippen molar-refractivity contribution >= 4 is 33.8 Å². The van der Waals surface area contributed by atoms with Crippen LogP contribution in [0.15, 0.2) is 51.7 Å². The Morgan fingerprint density at radius 3 is 2.30 bits per heavy atom. The Morgan fingerprint density at radius 2 is 1.73 bits per heavy atom. The lowest BCUT2D eigenvalue weighted by Gasteiger charge is -2.52. The predicted molar refractivity (Wildman–Crippen MR) is 113 cm³/mol. The van der Waals surface area contributed by atoms with E-state index in [1.54, 1.807) is 0 Å². The maximum Gasteiger partial charge on any atom is 0.332 e. The normalized spacial score (nSPS) is 25.9. The average molecular weight is 469 g/mol. The summed E-state index contributed by atoms with van der Waals surface area (Å²) in [5.41, 5.74) is 6.36. The molecule has 7 nitrogen and oxygen atoms in total. The first-order valence-electron chi connectivity index (χ1n) is 9.73. The molecule has 1 saturated heterocycles. The highest BCUT2D eigenvalue weighted by atomic mass is 79.9. The SMILES string of the molecule is CN1C(=O)N(C)C(=O)C2(C1=O)C(N)=C(C#N)C1=CCCCC1C2c1ccc(Br)cc1. The monoisotopic (exact) mass is 468 g/mol. The van der Waals surface area contributed by atoms with Gasteiger partial charge in [-0.05, 0) is 48.4 Å². The fourth-order valence-electron chi connectivity index (χ4n) is 5.15. The van der Waals surface area contributed by atoms with Crippen molar-refractivity contribution in [2.45, 2.75) is 25.2 Å². The lowest BCUT2D eigenvalue weighted by molar-refractivity contribution is -0.157. The number of fused-ring (bicyclic) bond motifs is 1. The summed E-state index contributed by atoms with van der Waals surface area (Å²) in [7, 11) is 2.69. The van der Waals surface area contributed by atoms with Crippen LogP contribution in [0.1, 0.15) is 30.7 Å². The van der Waals surface area contributed by atoms with Crippen molar-refractivity contribution in [2.75, 3.05) is 14.1 Å². The molecular formula is C22H21BrN4O3. The minimum atomic E-state index is -1.84. The van der Waals surface area contributed by atoms with Gasteiger partial charge in [-0.25, -0.2) is 4.79 Å². The van der Waals surface area contributed by atoms with E-state index in [2.05, 4.69) is 22.0 Å². The number of amides is 4. The highest BCUT2D eigenvalue weighted by molar-refractivity contribution is 9.10. The molecule has 0 radical (unpaired) electrons. The van der Waals surface area contributed by atoms with Crippen molar-refractivity contribution in [2.24, 2.45) is 17.1 Å². The van der Waals surface area contributed by atoms with Crippen molar-refractivity contribution in [1.29, 1.82) is 5.26 Å². The van der Waals surface area contributed by atoms with E-state index >= 15 is 0 Å². The van der Waals surface area contributed by atoms with Crippen molar-refractivity contribution in [3.8, 4) is 6.07 Å². The number of barbiturate groups is 1. The van der Waals surface area contributed by atoms with Crippen LogP contribution < -0.4 is 5.73 Å². The summed E-state index contributed by atoms with van der Waals surface area (Å²) < 4.78 is 0.863. The van der Waals surface area contributed by atoms with Gasteiger partial charge in [-0.1, -0.05) is 34.1 Å². The van der Waals surface area contributed by atoms with Crippen LogP contribution in [0.25, 0.3) is 0 Å². The maximum atomic E-state index is 13.7. The van der Waals surface area contributed by atoms with E-state index in [0.717, 1.165) is 38.3 Å². The van der Waals surface area contributed by atoms with Crippen LogP contribution in [0.4, 0.5) is 4.79 Å². The number of rotatable bonds is 1. The van der Waals surface area contributed by atoms with Gasteiger partial charge in [0.25, 0.3) is 11.8 Å². The second-order valence-corrected chi connectivity index (χ2v) is 8.86. The highest BCUT2D eigenvalue weighted by Crippen LogP contribution is 2.58. The Balaban J connectivity index is 2.10. The molecule has 4 amide bonds. The van der Waals surface area contributed by atoms with Crippen LogP contribution in [-0.2, 0) is 9.59 Å². The van der Waals surface area contributed by atoms with Crippen LogP contribution in [0.2, 0.25) is 0 Å². The largest absolute Gasteiger partial charge is 0.400 e. The average Bonchev–Trinajstić information content (AvgIpc) is 2.76. The number of carbonyl (C=O) groups is 3. The van der Waals surface area contributed by atoms with E-state index in [4.69, 9.17) is 5.73 Å². The van der Waals surface area contributed by atoms with Crippen LogP contribution in [0.5, 0.6) is 0 Å². The number of halogens is 1. The lowest BCUT2D eigenvalue weighted by Crippen LogP contribution is -2.68. The summed E-state index contributed by atoms with van der Waals surface area (Å²) in [5.74, 6) is -2.21. The molecule has 2 aliphatic carbocycles. The minimum absolute atomic E-state index is 0.0662. The molecule has 154 valence electrons. The number of nitrogens with two attached hydrogens (primary N) is 1. The van der Waals surface area contributed by atoms with E-state index in [-0.39, 0.29) is 17.2 Å². The summed E-state index contributed by atoms with van der Waals surface area (Å²) in [6.45, 7) is 0. The number of benzene rings is 1.